The van der Waals surface area contributed by atoms with Crippen LogP contribution < -0.4 is 5.32 Å². The summed E-state index contributed by atoms with van der Waals surface area (Å²) in [5.74, 6) is -1.41. The molecule has 2 aromatic rings. The third-order valence-electron chi connectivity index (χ3n) is 3.29. The molecule has 0 aliphatic rings. The van der Waals surface area contributed by atoms with Gasteiger partial charge in [0.15, 0.2) is 0 Å². The second-order valence-corrected chi connectivity index (χ2v) is 6.25. The lowest BCUT2D eigenvalue weighted by Gasteiger charge is -2.08. The predicted octanol–water partition coefficient (Wildman–Crippen LogP) is 3.71. The molecule has 0 radical (unpaired) electrons. The van der Waals surface area contributed by atoms with Gasteiger partial charge in [-0.05, 0) is 24.6 Å². The first-order chi connectivity index (χ1) is 10.4. The second kappa shape index (κ2) is 6.70. The van der Waals surface area contributed by atoms with Gasteiger partial charge in [0.1, 0.15) is 5.69 Å². The molecule has 0 aliphatic heterocycles. The molecule has 0 saturated heterocycles. The summed E-state index contributed by atoms with van der Waals surface area (Å²) in [4.78, 5) is 27.3. The van der Waals surface area contributed by atoms with E-state index in [1.54, 1.807) is 36.6 Å². The number of thiazole rings is 1. The number of aromatic nitrogens is 1. The van der Waals surface area contributed by atoms with Crippen LogP contribution in [0.4, 0.5) is 5.69 Å². The normalized spacial score (nSPS) is 12.2. The van der Waals surface area contributed by atoms with E-state index in [4.69, 9.17) is 5.11 Å². The highest BCUT2D eigenvalue weighted by atomic mass is 32.1. The largest absolute Gasteiger partial charge is 0.481 e. The lowest BCUT2D eigenvalue weighted by atomic mass is 10.0. The fraction of sp³-hybridized carbons (Fsp3) is 0.312. The van der Waals surface area contributed by atoms with Crippen LogP contribution in [-0.4, -0.2) is 22.0 Å². The van der Waals surface area contributed by atoms with Crippen molar-refractivity contribution >= 4 is 28.9 Å². The molecule has 1 amide bonds. The molecule has 22 heavy (non-hydrogen) atoms. The van der Waals surface area contributed by atoms with Crippen LogP contribution in [0.15, 0.2) is 29.6 Å². The molecule has 6 heteroatoms. The highest BCUT2D eigenvalue weighted by Gasteiger charge is 2.15. The molecule has 0 bridgehead atoms. The number of hydrogen-bond donors (Lipinski definition) is 2. The van der Waals surface area contributed by atoms with E-state index >= 15 is 0 Å². The van der Waals surface area contributed by atoms with Gasteiger partial charge in [-0.1, -0.05) is 26.0 Å². The van der Waals surface area contributed by atoms with E-state index < -0.39 is 11.9 Å². The van der Waals surface area contributed by atoms with Crippen molar-refractivity contribution in [1.82, 2.24) is 4.98 Å². The van der Waals surface area contributed by atoms with Crippen molar-refractivity contribution in [3.8, 4) is 0 Å². The van der Waals surface area contributed by atoms with Crippen molar-refractivity contribution < 1.29 is 14.7 Å². The number of carbonyl (C=O) groups is 2. The van der Waals surface area contributed by atoms with Crippen molar-refractivity contribution in [2.45, 2.75) is 32.6 Å². The smallest absolute Gasteiger partial charge is 0.310 e. The number of anilines is 1. The van der Waals surface area contributed by atoms with E-state index in [9.17, 15) is 9.59 Å². The summed E-state index contributed by atoms with van der Waals surface area (Å²) < 4.78 is 0. The number of nitrogens with one attached hydrogen (secondary N) is 1. The van der Waals surface area contributed by atoms with Crippen LogP contribution in [0.2, 0.25) is 0 Å². The zero-order valence-corrected chi connectivity index (χ0v) is 13.5. The van der Waals surface area contributed by atoms with Gasteiger partial charge in [-0.2, -0.15) is 0 Å². The number of rotatable bonds is 5. The number of carboxylic acid groups (broad SMARTS) is 1. The Morgan fingerprint density at radius 2 is 1.82 bits per heavy atom. The van der Waals surface area contributed by atoms with Crippen molar-refractivity contribution in [3.05, 3.63) is 45.9 Å². The quantitative estimate of drug-likeness (QED) is 0.881. The number of carboxylic acids is 1. The molecule has 0 fully saturated rings. The van der Waals surface area contributed by atoms with E-state index in [0.29, 0.717) is 22.9 Å². The van der Waals surface area contributed by atoms with Crippen molar-refractivity contribution in [2.75, 3.05) is 5.32 Å². The SMILES string of the molecule is CC(C)c1nc(C(=O)Nc2ccc(C(C)C(=O)O)cc2)cs1. The molecule has 0 spiro atoms. The average Bonchev–Trinajstić information content (AvgIpc) is 2.97. The predicted molar refractivity (Wildman–Crippen MR) is 86.6 cm³/mol. The average molecular weight is 318 g/mol. The summed E-state index contributed by atoms with van der Waals surface area (Å²) >= 11 is 1.47. The molecule has 116 valence electrons. The molecule has 1 aromatic heterocycles. The summed E-state index contributed by atoms with van der Waals surface area (Å²) in [6.45, 7) is 5.68. The van der Waals surface area contributed by atoms with Crippen LogP contribution in [-0.2, 0) is 4.79 Å². The number of carbonyl (C=O) groups excluding carboxylic acids is 1. The topological polar surface area (TPSA) is 79.3 Å². The van der Waals surface area contributed by atoms with Crippen LogP contribution in [0.5, 0.6) is 0 Å². The van der Waals surface area contributed by atoms with Gasteiger partial charge in [0, 0.05) is 17.0 Å². The number of aliphatic carboxylic acids is 1. The zero-order valence-electron chi connectivity index (χ0n) is 12.7. The molecule has 1 unspecified atom stereocenters. The maximum absolute atomic E-state index is 12.1. The van der Waals surface area contributed by atoms with Crippen LogP contribution >= 0.6 is 11.3 Å². The molecule has 1 heterocycles. The summed E-state index contributed by atoms with van der Waals surface area (Å²) in [6.07, 6.45) is 0. The van der Waals surface area contributed by atoms with Crippen LogP contribution in [0, 0.1) is 0 Å². The van der Waals surface area contributed by atoms with E-state index in [2.05, 4.69) is 10.3 Å². The molecule has 0 saturated carbocycles. The first-order valence-electron chi connectivity index (χ1n) is 6.98. The Morgan fingerprint density at radius 3 is 2.32 bits per heavy atom. The highest BCUT2D eigenvalue weighted by molar-refractivity contribution is 7.09. The van der Waals surface area contributed by atoms with Gasteiger partial charge in [0.25, 0.3) is 5.91 Å². The molecular weight excluding hydrogens is 300 g/mol. The van der Waals surface area contributed by atoms with Gasteiger partial charge in [-0.15, -0.1) is 11.3 Å². The minimum atomic E-state index is -0.875. The fourth-order valence-corrected chi connectivity index (χ4v) is 2.67. The number of amides is 1. The monoisotopic (exact) mass is 318 g/mol. The molecule has 5 nitrogen and oxygen atoms in total. The van der Waals surface area contributed by atoms with Gasteiger partial charge < -0.3 is 10.4 Å². The van der Waals surface area contributed by atoms with E-state index in [-0.39, 0.29) is 5.91 Å². The van der Waals surface area contributed by atoms with Gasteiger partial charge >= 0.3 is 5.97 Å². The summed E-state index contributed by atoms with van der Waals surface area (Å²) in [5.41, 5.74) is 1.71. The Bertz CT molecular complexity index is 677. The number of hydrogen-bond acceptors (Lipinski definition) is 4. The van der Waals surface area contributed by atoms with Crippen molar-refractivity contribution in [1.29, 1.82) is 0 Å². The maximum Gasteiger partial charge on any atom is 0.310 e. The van der Waals surface area contributed by atoms with Gasteiger partial charge in [-0.25, -0.2) is 4.98 Å². The molecular formula is C16H18N2O3S. The minimum Gasteiger partial charge on any atom is -0.481 e. The van der Waals surface area contributed by atoms with Gasteiger partial charge in [0.05, 0.1) is 10.9 Å². The number of benzene rings is 1. The Morgan fingerprint density at radius 1 is 1.18 bits per heavy atom. The highest BCUT2D eigenvalue weighted by Crippen LogP contribution is 2.21. The van der Waals surface area contributed by atoms with Gasteiger partial charge in [0.2, 0.25) is 0 Å². The molecule has 0 aliphatic carbocycles. The standard InChI is InChI=1S/C16H18N2O3S/c1-9(2)15-18-13(8-22-15)14(19)17-12-6-4-11(5-7-12)10(3)16(20)21/h4-10H,1-3H3,(H,17,19)(H,20,21). The van der Waals surface area contributed by atoms with Crippen LogP contribution in [0.3, 0.4) is 0 Å². The maximum atomic E-state index is 12.1. The third-order valence-corrected chi connectivity index (χ3v) is 4.43. The minimum absolute atomic E-state index is 0.262. The van der Waals surface area contributed by atoms with Crippen LogP contribution in [0.25, 0.3) is 0 Å². The number of nitrogens with zero attached hydrogens (tertiary/aromatic N) is 1. The molecule has 1 aromatic carbocycles. The third kappa shape index (κ3) is 3.71. The van der Waals surface area contributed by atoms with Gasteiger partial charge in [-0.3, -0.25) is 9.59 Å². The molecule has 1 atom stereocenters. The van der Waals surface area contributed by atoms with Crippen molar-refractivity contribution in [3.63, 3.8) is 0 Å². The van der Waals surface area contributed by atoms with Crippen LogP contribution in [0.1, 0.15) is 53.7 Å². The van der Waals surface area contributed by atoms with E-state index in [1.165, 1.54) is 11.3 Å². The molecule has 2 rings (SSSR count). The summed E-state index contributed by atoms with van der Waals surface area (Å²) in [5, 5.41) is 14.4. The fourth-order valence-electron chi connectivity index (χ4n) is 1.85. The van der Waals surface area contributed by atoms with Crippen molar-refractivity contribution in [2.24, 2.45) is 0 Å². The Kier molecular flexibility index (Phi) is 4.92. The first-order valence-corrected chi connectivity index (χ1v) is 7.86. The second-order valence-electron chi connectivity index (χ2n) is 5.36. The molecule has 2 N–H and O–H groups in total. The first kappa shape index (κ1) is 16.2. The zero-order chi connectivity index (χ0) is 16.3. The lowest BCUT2D eigenvalue weighted by Crippen LogP contribution is -2.13. The Balaban J connectivity index is 2.06. The van der Waals surface area contributed by atoms with E-state index in [0.717, 1.165) is 5.01 Å². The Labute approximate surface area is 133 Å². The van der Waals surface area contributed by atoms with E-state index in [1.807, 2.05) is 13.8 Å². The summed E-state index contributed by atoms with van der Waals surface area (Å²) in [6, 6.07) is 6.80. The lowest BCUT2D eigenvalue weighted by molar-refractivity contribution is -0.138. The Hall–Kier alpha value is -2.21. The summed E-state index contributed by atoms with van der Waals surface area (Å²) in [7, 11) is 0.